The van der Waals surface area contributed by atoms with Crippen molar-refractivity contribution in [1.82, 2.24) is 14.5 Å². The Morgan fingerprint density at radius 3 is 1.87 bits per heavy atom. The van der Waals surface area contributed by atoms with Gasteiger partial charge in [-0.2, -0.15) is 0 Å². The molecule has 0 aliphatic heterocycles. The maximum absolute atomic E-state index is 6.73. The molecule has 6 heteroatoms. The minimum atomic E-state index is -2.16. The number of hydrogen-bond donors (Lipinski definition) is 0. The van der Waals surface area contributed by atoms with Crippen molar-refractivity contribution in [2.75, 3.05) is 0 Å². The molecule has 0 fully saturated rings. The summed E-state index contributed by atoms with van der Waals surface area (Å²) in [6, 6.07) is 66.3. The van der Waals surface area contributed by atoms with Crippen LogP contribution < -0.4 is 8.92 Å². The van der Waals surface area contributed by atoms with E-state index < -0.39 is 13.3 Å². The van der Waals surface area contributed by atoms with E-state index in [0.29, 0.717) is 0 Å². The first-order valence-electron chi connectivity index (χ1n) is 21.2. The third-order valence-electron chi connectivity index (χ3n) is 11.8. The summed E-state index contributed by atoms with van der Waals surface area (Å²) < 4.78 is 11.7. The van der Waals surface area contributed by atoms with Gasteiger partial charge in [0.25, 0.3) is 0 Å². The summed E-state index contributed by atoms with van der Waals surface area (Å²) in [4.78, 5) is 9.79. The first-order chi connectivity index (χ1) is 29.7. The minimum absolute atomic E-state index is 0. The van der Waals surface area contributed by atoms with Gasteiger partial charge in [-0.25, -0.2) is 0 Å². The number of hydrogen-bond acceptors (Lipinski definition) is 3. The van der Waals surface area contributed by atoms with Crippen LogP contribution >= 0.6 is 0 Å². The number of rotatable bonds is 8. The predicted octanol–water partition coefficient (Wildman–Crippen LogP) is 13.7. The number of nitrogens with zero attached hydrogens (tertiary/aromatic N) is 3. The summed E-state index contributed by atoms with van der Waals surface area (Å²) in [6.07, 6.45) is 1.88. The topological polar surface area (TPSA) is 43.9 Å². The fraction of sp³-hybridized carbons (Fsp3) is 0.143. The summed E-state index contributed by atoms with van der Waals surface area (Å²) in [7, 11) is 0. The molecule has 0 amide bonds. The fourth-order valence-corrected chi connectivity index (χ4v) is 12.9. The number of benzene rings is 7. The van der Waals surface area contributed by atoms with Gasteiger partial charge < -0.3 is 8.98 Å². The molecule has 7 aromatic carbocycles. The van der Waals surface area contributed by atoms with E-state index in [1.165, 1.54) is 42.4 Å². The molecular weight excluding hydrogens is 995 g/mol. The van der Waals surface area contributed by atoms with Crippen molar-refractivity contribution < 1.29 is 24.5 Å². The second kappa shape index (κ2) is 18.2. The summed E-state index contributed by atoms with van der Waals surface area (Å²) >= 11 is -2.16. The Balaban J connectivity index is 0.000000280. The van der Waals surface area contributed by atoms with Gasteiger partial charge in [0.05, 0.1) is 22.4 Å². The third-order valence-corrected chi connectivity index (χ3v) is 18.5. The van der Waals surface area contributed by atoms with Crippen LogP contribution in [0.5, 0.6) is 0 Å². The molecule has 3 heterocycles. The van der Waals surface area contributed by atoms with Gasteiger partial charge in [-0.1, -0.05) is 124 Å². The number of aromatic nitrogens is 3. The Bertz CT molecular complexity index is 3030. The van der Waals surface area contributed by atoms with Crippen LogP contribution in [0.2, 0.25) is 11.5 Å². The van der Waals surface area contributed by atoms with Crippen molar-refractivity contribution in [3.8, 4) is 39.3 Å². The largest absolute Gasteiger partial charge is 0 e. The molecule has 62 heavy (non-hydrogen) atoms. The van der Waals surface area contributed by atoms with E-state index in [2.05, 4.69) is 200 Å². The normalized spacial score (nSPS) is 11.5. The SMILES string of the molecule is CC(C)c1cc(-c2ccccc2)cc(C(C)C)c1-n1c(-c2[c-]ccc3c2oc2cc(-c4ccccc4)ccc23)nc2ccccc21.[CH3][Ge]([CH3])([c]1[c-]cccc1)[c]1ccccn1.[Ir]. The molecule has 0 aliphatic rings. The van der Waals surface area contributed by atoms with Gasteiger partial charge in [0.2, 0.25) is 0 Å². The predicted molar refractivity (Wildman–Crippen MR) is 258 cm³/mol. The number of fused-ring (bicyclic) bond motifs is 4. The molecule has 0 spiro atoms. The van der Waals surface area contributed by atoms with Gasteiger partial charge in [0.15, 0.2) is 0 Å². The second-order valence-corrected chi connectivity index (χ2v) is 25.9. The molecular formula is C56H49GeIrN3O-2. The van der Waals surface area contributed by atoms with Crippen LogP contribution in [0.25, 0.3) is 72.3 Å². The number of para-hydroxylation sites is 2. The van der Waals surface area contributed by atoms with E-state index >= 15 is 0 Å². The summed E-state index contributed by atoms with van der Waals surface area (Å²) in [6.45, 7) is 9.14. The third kappa shape index (κ3) is 8.25. The van der Waals surface area contributed by atoms with Crippen molar-refractivity contribution in [2.24, 2.45) is 0 Å². The maximum atomic E-state index is 6.73. The molecule has 10 rings (SSSR count). The Morgan fingerprint density at radius 2 is 1.23 bits per heavy atom. The molecule has 0 aliphatic carbocycles. The zero-order chi connectivity index (χ0) is 42.1. The second-order valence-electron chi connectivity index (χ2n) is 16.8. The van der Waals surface area contributed by atoms with Crippen LogP contribution in [0.3, 0.4) is 0 Å². The van der Waals surface area contributed by atoms with E-state index in [0.717, 1.165) is 49.9 Å². The molecule has 1 radical (unpaired) electrons. The van der Waals surface area contributed by atoms with Crippen molar-refractivity contribution in [1.29, 1.82) is 0 Å². The van der Waals surface area contributed by atoms with Crippen molar-refractivity contribution in [3.05, 3.63) is 199 Å². The molecule has 0 saturated carbocycles. The quantitative estimate of drug-likeness (QED) is 0.113. The van der Waals surface area contributed by atoms with E-state index in [-0.39, 0.29) is 31.9 Å². The molecule has 10 aromatic rings. The first kappa shape index (κ1) is 42.8. The zero-order valence-corrected chi connectivity index (χ0v) is 40.5. The Labute approximate surface area is 381 Å². The molecule has 3 aromatic heterocycles. The van der Waals surface area contributed by atoms with Crippen molar-refractivity contribution >= 4 is 55.2 Å². The van der Waals surface area contributed by atoms with Crippen LogP contribution in [-0.2, 0) is 20.1 Å². The van der Waals surface area contributed by atoms with Crippen LogP contribution in [0.1, 0.15) is 50.7 Å². The van der Waals surface area contributed by atoms with Crippen LogP contribution in [0, 0.1) is 12.1 Å². The molecule has 0 bridgehead atoms. The van der Waals surface area contributed by atoms with Gasteiger partial charge in [-0.3, -0.25) is 4.98 Å². The van der Waals surface area contributed by atoms with Crippen LogP contribution in [0.15, 0.2) is 180 Å². The molecule has 0 atom stereocenters. The van der Waals surface area contributed by atoms with Crippen LogP contribution in [-0.4, -0.2) is 27.8 Å². The fourth-order valence-electron chi connectivity index (χ4n) is 8.41. The van der Waals surface area contributed by atoms with Gasteiger partial charge in [0, 0.05) is 31.2 Å². The van der Waals surface area contributed by atoms with Crippen LogP contribution in [0.4, 0.5) is 0 Å². The number of pyridine rings is 1. The smallest absolute Gasteiger partial charge is 0 e. The van der Waals surface area contributed by atoms with E-state index in [1.807, 2.05) is 36.5 Å². The van der Waals surface area contributed by atoms with Gasteiger partial charge in [0.1, 0.15) is 5.58 Å². The molecule has 309 valence electrons. The number of furan rings is 1. The first-order valence-corrected chi connectivity index (χ1v) is 27.5. The average molecular weight is 1040 g/mol. The minimum Gasteiger partial charge on any atom is 0 e. The Hall–Kier alpha value is -5.85. The summed E-state index contributed by atoms with van der Waals surface area (Å²) in [5.41, 5.74) is 13.1. The zero-order valence-electron chi connectivity index (χ0n) is 36.0. The monoisotopic (exact) mass is 1050 g/mol. The van der Waals surface area contributed by atoms with E-state index in [4.69, 9.17) is 9.40 Å². The van der Waals surface area contributed by atoms with E-state index in [1.54, 1.807) is 0 Å². The summed E-state index contributed by atoms with van der Waals surface area (Å²) in [5, 5.41) is 2.15. The van der Waals surface area contributed by atoms with Crippen molar-refractivity contribution in [2.45, 2.75) is 51.0 Å². The van der Waals surface area contributed by atoms with E-state index in [9.17, 15) is 0 Å². The van der Waals surface area contributed by atoms with Crippen molar-refractivity contribution in [3.63, 3.8) is 0 Å². The average Bonchev–Trinajstić information content (AvgIpc) is 3.88. The van der Waals surface area contributed by atoms with Gasteiger partial charge >= 0.3 is 93.4 Å². The molecule has 0 unspecified atom stereocenters. The molecule has 0 N–H and O–H groups in total. The maximum Gasteiger partial charge on any atom is 0 e. The number of imidazole rings is 1. The Morgan fingerprint density at radius 1 is 0.581 bits per heavy atom. The summed E-state index contributed by atoms with van der Waals surface area (Å²) in [5.74, 6) is 6.12. The standard InChI is InChI=1S/C43H35N2O.C13H14GeN.Ir/c1-27(2)36-24-32(30-16-9-6-10-17-30)25-37(28(3)4)41(36)45-39-21-12-11-20-38(39)44-43(45)35-19-13-18-34-33-23-22-31(26-40(33)46-42(34)35)29-14-7-5-8-15-29;1-14(2,12-8-4-3-5-9-12)13-10-6-7-11-15-13;/h5-18,20-28H,1-4H3;3-8,10-11H,1-2H3;/q2*-1;. The molecule has 0 saturated heterocycles. The van der Waals surface area contributed by atoms with Gasteiger partial charge in [-0.15, -0.1) is 18.2 Å². The Kier molecular flexibility index (Phi) is 12.6. The molecule has 4 nitrogen and oxygen atoms in total. The van der Waals surface area contributed by atoms with Gasteiger partial charge in [-0.05, 0) is 75.5 Å².